The molecule has 102 valence electrons. The van der Waals surface area contributed by atoms with E-state index in [1.54, 1.807) is 6.33 Å². The number of hydrogen-bond donors (Lipinski definition) is 1. The SMILES string of the molecule is CCCN(c1ncnc(NCC)c1CC)C(C)C. The van der Waals surface area contributed by atoms with Gasteiger partial charge in [-0.15, -0.1) is 0 Å². The van der Waals surface area contributed by atoms with Crippen LogP contribution in [0.4, 0.5) is 11.6 Å². The molecule has 0 fully saturated rings. The molecule has 1 aromatic rings. The van der Waals surface area contributed by atoms with Gasteiger partial charge in [-0.1, -0.05) is 13.8 Å². The van der Waals surface area contributed by atoms with Gasteiger partial charge in [0, 0.05) is 24.7 Å². The molecule has 4 nitrogen and oxygen atoms in total. The molecule has 0 saturated heterocycles. The molecule has 0 spiro atoms. The first kappa shape index (κ1) is 14.7. The third kappa shape index (κ3) is 3.34. The quantitative estimate of drug-likeness (QED) is 0.807. The van der Waals surface area contributed by atoms with Crippen molar-refractivity contribution in [1.82, 2.24) is 9.97 Å². The predicted octanol–water partition coefficient (Wildman–Crippen LogP) is 3.10. The second-order valence-corrected chi connectivity index (χ2v) is 4.70. The van der Waals surface area contributed by atoms with E-state index in [0.717, 1.165) is 37.6 Å². The number of nitrogens with one attached hydrogen (secondary N) is 1. The zero-order chi connectivity index (χ0) is 13.5. The summed E-state index contributed by atoms with van der Waals surface area (Å²) < 4.78 is 0. The van der Waals surface area contributed by atoms with Crippen LogP contribution in [-0.4, -0.2) is 29.1 Å². The second-order valence-electron chi connectivity index (χ2n) is 4.70. The molecule has 18 heavy (non-hydrogen) atoms. The van der Waals surface area contributed by atoms with Crippen molar-refractivity contribution in [3.05, 3.63) is 11.9 Å². The van der Waals surface area contributed by atoms with Crippen LogP contribution in [-0.2, 0) is 6.42 Å². The summed E-state index contributed by atoms with van der Waals surface area (Å²) in [5.74, 6) is 2.06. The smallest absolute Gasteiger partial charge is 0.137 e. The van der Waals surface area contributed by atoms with Crippen molar-refractivity contribution in [2.24, 2.45) is 0 Å². The fourth-order valence-corrected chi connectivity index (χ4v) is 2.15. The van der Waals surface area contributed by atoms with Gasteiger partial charge in [-0.25, -0.2) is 9.97 Å². The van der Waals surface area contributed by atoms with Crippen LogP contribution in [0.1, 0.15) is 46.6 Å². The van der Waals surface area contributed by atoms with Crippen LogP contribution in [0.15, 0.2) is 6.33 Å². The molecule has 0 atom stereocenters. The second kappa shape index (κ2) is 7.19. The third-order valence-corrected chi connectivity index (χ3v) is 2.98. The highest BCUT2D eigenvalue weighted by molar-refractivity contribution is 5.59. The van der Waals surface area contributed by atoms with E-state index in [9.17, 15) is 0 Å². The highest BCUT2D eigenvalue weighted by atomic mass is 15.2. The van der Waals surface area contributed by atoms with Gasteiger partial charge in [-0.3, -0.25) is 0 Å². The Kier molecular flexibility index (Phi) is 5.89. The first-order valence-corrected chi connectivity index (χ1v) is 6.99. The van der Waals surface area contributed by atoms with Gasteiger partial charge in [0.15, 0.2) is 0 Å². The largest absolute Gasteiger partial charge is 0.370 e. The lowest BCUT2D eigenvalue weighted by atomic mass is 10.1. The van der Waals surface area contributed by atoms with Gasteiger partial charge in [0.05, 0.1) is 0 Å². The van der Waals surface area contributed by atoms with Crippen molar-refractivity contribution in [3.63, 3.8) is 0 Å². The highest BCUT2D eigenvalue weighted by Crippen LogP contribution is 2.25. The topological polar surface area (TPSA) is 41.1 Å². The van der Waals surface area contributed by atoms with Crippen molar-refractivity contribution in [2.75, 3.05) is 23.3 Å². The molecule has 4 heteroatoms. The Labute approximate surface area is 111 Å². The van der Waals surface area contributed by atoms with E-state index in [1.165, 1.54) is 5.56 Å². The lowest BCUT2D eigenvalue weighted by molar-refractivity contribution is 0.657. The van der Waals surface area contributed by atoms with Gasteiger partial charge < -0.3 is 10.2 Å². The van der Waals surface area contributed by atoms with E-state index in [2.05, 4.69) is 54.8 Å². The molecular formula is C14H26N4. The van der Waals surface area contributed by atoms with Gasteiger partial charge >= 0.3 is 0 Å². The lowest BCUT2D eigenvalue weighted by Gasteiger charge is -2.29. The number of anilines is 2. The summed E-state index contributed by atoms with van der Waals surface area (Å²) in [7, 11) is 0. The van der Waals surface area contributed by atoms with Crippen LogP contribution in [0.3, 0.4) is 0 Å². The fraction of sp³-hybridized carbons (Fsp3) is 0.714. The Morgan fingerprint density at radius 1 is 1.22 bits per heavy atom. The summed E-state index contributed by atoms with van der Waals surface area (Å²) in [4.78, 5) is 11.2. The zero-order valence-corrected chi connectivity index (χ0v) is 12.3. The normalized spacial score (nSPS) is 10.8. The van der Waals surface area contributed by atoms with Crippen molar-refractivity contribution in [1.29, 1.82) is 0 Å². The molecular weight excluding hydrogens is 224 g/mol. The number of rotatable bonds is 7. The predicted molar refractivity (Wildman–Crippen MR) is 78.3 cm³/mol. The molecule has 1 heterocycles. The van der Waals surface area contributed by atoms with Gasteiger partial charge in [0.2, 0.25) is 0 Å². The number of nitrogens with zero attached hydrogens (tertiary/aromatic N) is 3. The van der Waals surface area contributed by atoms with Crippen LogP contribution in [0.25, 0.3) is 0 Å². The molecule has 0 amide bonds. The standard InChI is InChI=1S/C14H26N4/c1-6-9-18(11(4)5)14-12(7-2)13(15-8-3)16-10-17-14/h10-11H,6-9H2,1-5H3,(H,15,16,17). The summed E-state index contributed by atoms with van der Waals surface area (Å²) >= 11 is 0. The summed E-state index contributed by atoms with van der Waals surface area (Å²) in [5.41, 5.74) is 1.22. The van der Waals surface area contributed by atoms with Gasteiger partial charge in [-0.2, -0.15) is 0 Å². The Hall–Kier alpha value is -1.32. The number of aromatic nitrogens is 2. The lowest BCUT2D eigenvalue weighted by Crippen LogP contribution is -2.33. The average molecular weight is 250 g/mol. The minimum Gasteiger partial charge on any atom is -0.370 e. The molecule has 0 aliphatic carbocycles. The third-order valence-electron chi connectivity index (χ3n) is 2.98. The summed E-state index contributed by atoms with van der Waals surface area (Å²) in [5, 5.41) is 3.33. The minimum atomic E-state index is 0.458. The van der Waals surface area contributed by atoms with Crippen LogP contribution in [0.2, 0.25) is 0 Å². The monoisotopic (exact) mass is 250 g/mol. The van der Waals surface area contributed by atoms with Crippen molar-refractivity contribution in [2.45, 2.75) is 53.5 Å². The average Bonchev–Trinajstić information content (AvgIpc) is 2.35. The Bertz CT molecular complexity index is 363. The van der Waals surface area contributed by atoms with Crippen LogP contribution < -0.4 is 10.2 Å². The molecule has 1 N–H and O–H groups in total. The van der Waals surface area contributed by atoms with E-state index in [4.69, 9.17) is 0 Å². The van der Waals surface area contributed by atoms with Gasteiger partial charge in [0.1, 0.15) is 18.0 Å². The van der Waals surface area contributed by atoms with E-state index in [0.29, 0.717) is 6.04 Å². The molecule has 0 radical (unpaired) electrons. The molecule has 0 unspecified atom stereocenters. The Morgan fingerprint density at radius 3 is 2.44 bits per heavy atom. The molecule has 1 aromatic heterocycles. The fourth-order valence-electron chi connectivity index (χ4n) is 2.15. The van der Waals surface area contributed by atoms with E-state index < -0.39 is 0 Å². The minimum absolute atomic E-state index is 0.458. The van der Waals surface area contributed by atoms with Gasteiger partial charge in [0.25, 0.3) is 0 Å². The summed E-state index contributed by atoms with van der Waals surface area (Å²) in [6.45, 7) is 12.8. The maximum atomic E-state index is 4.51. The summed E-state index contributed by atoms with van der Waals surface area (Å²) in [6.07, 6.45) is 3.74. The zero-order valence-electron chi connectivity index (χ0n) is 12.3. The molecule has 0 aromatic carbocycles. The Balaban J connectivity index is 3.15. The molecule has 0 bridgehead atoms. The molecule has 0 aliphatic rings. The first-order chi connectivity index (χ1) is 8.65. The molecule has 0 aliphatic heterocycles. The van der Waals surface area contributed by atoms with Gasteiger partial charge in [-0.05, 0) is 33.6 Å². The van der Waals surface area contributed by atoms with E-state index in [-0.39, 0.29) is 0 Å². The Morgan fingerprint density at radius 2 is 1.94 bits per heavy atom. The van der Waals surface area contributed by atoms with Crippen molar-refractivity contribution >= 4 is 11.6 Å². The molecule has 1 rings (SSSR count). The van der Waals surface area contributed by atoms with Crippen molar-refractivity contribution < 1.29 is 0 Å². The first-order valence-electron chi connectivity index (χ1n) is 6.99. The molecule has 0 saturated carbocycles. The van der Waals surface area contributed by atoms with Crippen molar-refractivity contribution in [3.8, 4) is 0 Å². The highest BCUT2D eigenvalue weighted by Gasteiger charge is 2.17. The van der Waals surface area contributed by atoms with Crippen LogP contribution in [0, 0.1) is 0 Å². The van der Waals surface area contributed by atoms with E-state index >= 15 is 0 Å². The van der Waals surface area contributed by atoms with Crippen LogP contribution >= 0.6 is 0 Å². The summed E-state index contributed by atoms with van der Waals surface area (Å²) in [6, 6.07) is 0.458. The maximum Gasteiger partial charge on any atom is 0.137 e. The number of hydrogen-bond acceptors (Lipinski definition) is 4. The van der Waals surface area contributed by atoms with Crippen LogP contribution in [0.5, 0.6) is 0 Å². The maximum absolute atomic E-state index is 4.51. The van der Waals surface area contributed by atoms with E-state index in [1.807, 2.05) is 0 Å².